The van der Waals surface area contributed by atoms with Crippen molar-refractivity contribution in [2.75, 3.05) is 12.4 Å². The Bertz CT molecular complexity index is 1030. The minimum atomic E-state index is -0.291. The van der Waals surface area contributed by atoms with Crippen molar-refractivity contribution >= 4 is 29.0 Å². The molecule has 3 rings (SSSR count). The molecule has 0 aliphatic carbocycles. The maximum atomic E-state index is 12.7. The van der Waals surface area contributed by atoms with Crippen molar-refractivity contribution in [3.05, 3.63) is 88.4 Å². The highest BCUT2D eigenvalue weighted by molar-refractivity contribution is 6.30. The predicted octanol–water partition coefficient (Wildman–Crippen LogP) is 5.38. The van der Waals surface area contributed by atoms with Gasteiger partial charge in [-0.3, -0.25) is 9.59 Å². The van der Waals surface area contributed by atoms with Crippen LogP contribution in [0.3, 0.4) is 0 Å². The Kier molecular flexibility index (Phi) is 6.52. The van der Waals surface area contributed by atoms with E-state index in [1.807, 2.05) is 0 Å². The highest BCUT2D eigenvalue weighted by atomic mass is 35.5. The third-order valence-corrected chi connectivity index (χ3v) is 4.53. The second kappa shape index (κ2) is 9.26. The van der Waals surface area contributed by atoms with Gasteiger partial charge < -0.3 is 14.8 Å². The molecular formula is C23H20ClNO4. The minimum Gasteiger partial charge on any atom is -0.496 e. The van der Waals surface area contributed by atoms with Crippen LogP contribution in [-0.2, 0) is 6.61 Å². The summed E-state index contributed by atoms with van der Waals surface area (Å²) in [5, 5.41) is 3.44. The summed E-state index contributed by atoms with van der Waals surface area (Å²) in [5.74, 6) is 0.926. The molecule has 0 saturated heterocycles. The molecule has 0 saturated carbocycles. The normalized spacial score (nSPS) is 10.3. The highest BCUT2D eigenvalue weighted by Crippen LogP contribution is 2.24. The molecule has 1 amide bonds. The minimum absolute atomic E-state index is 0.0628. The van der Waals surface area contributed by atoms with Crippen LogP contribution in [0.2, 0.25) is 5.02 Å². The van der Waals surface area contributed by atoms with E-state index < -0.39 is 0 Å². The van der Waals surface area contributed by atoms with Gasteiger partial charge in [-0.05, 0) is 61.5 Å². The van der Waals surface area contributed by atoms with Crippen LogP contribution in [0, 0.1) is 0 Å². The number of hydrogen-bond donors (Lipinski definition) is 1. The monoisotopic (exact) mass is 409 g/mol. The Morgan fingerprint density at radius 2 is 1.72 bits per heavy atom. The van der Waals surface area contributed by atoms with Gasteiger partial charge >= 0.3 is 0 Å². The van der Waals surface area contributed by atoms with Gasteiger partial charge in [-0.1, -0.05) is 23.7 Å². The number of ether oxygens (including phenoxy) is 2. The van der Waals surface area contributed by atoms with E-state index in [2.05, 4.69) is 5.32 Å². The molecular weight excluding hydrogens is 390 g/mol. The summed E-state index contributed by atoms with van der Waals surface area (Å²) in [5.41, 5.74) is 2.27. The molecule has 29 heavy (non-hydrogen) atoms. The largest absolute Gasteiger partial charge is 0.496 e. The molecule has 1 N–H and O–H groups in total. The van der Waals surface area contributed by atoms with Crippen molar-refractivity contribution in [2.45, 2.75) is 13.5 Å². The molecule has 0 unspecified atom stereocenters. The lowest BCUT2D eigenvalue weighted by Crippen LogP contribution is -2.13. The molecule has 0 heterocycles. The van der Waals surface area contributed by atoms with Gasteiger partial charge in [0.15, 0.2) is 5.78 Å². The number of rotatable bonds is 7. The fourth-order valence-electron chi connectivity index (χ4n) is 2.74. The first-order valence-electron chi connectivity index (χ1n) is 8.94. The Morgan fingerprint density at radius 3 is 2.41 bits per heavy atom. The average molecular weight is 410 g/mol. The Hall–Kier alpha value is -3.31. The zero-order valence-electron chi connectivity index (χ0n) is 16.1. The Labute approximate surface area is 174 Å². The second-order valence-electron chi connectivity index (χ2n) is 6.36. The number of ketones is 1. The predicted molar refractivity (Wildman–Crippen MR) is 113 cm³/mol. The average Bonchev–Trinajstić information content (AvgIpc) is 2.73. The van der Waals surface area contributed by atoms with E-state index in [4.69, 9.17) is 21.1 Å². The van der Waals surface area contributed by atoms with Gasteiger partial charge in [-0.15, -0.1) is 0 Å². The quantitative estimate of drug-likeness (QED) is 0.532. The summed E-state index contributed by atoms with van der Waals surface area (Å²) < 4.78 is 11.2. The number of methoxy groups -OCH3 is 1. The van der Waals surface area contributed by atoms with Gasteiger partial charge in [0, 0.05) is 27.4 Å². The summed E-state index contributed by atoms with van der Waals surface area (Å²) in [6.07, 6.45) is 0. The van der Waals surface area contributed by atoms with E-state index in [1.165, 1.54) is 6.92 Å². The van der Waals surface area contributed by atoms with Gasteiger partial charge in [-0.25, -0.2) is 0 Å². The number of hydrogen-bond acceptors (Lipinski definition) is 4. The van der Waals surface area contributed by atoms with Crippen LogP contribution in [-0.4, -0.2) is 18.8 Å². The second-order valence-corrected chi connectivity index (χ2v) is 6.80. The highest BCUT2D eigenvalue weighted by Gasteiger charge is 2.12. The first-order valence-corrected chi connectivity index (χ1v) is 9.31. The number of carbonyl (C=O) groups is 2. The fraction of sp³-hybridized carbons (Fsp3) is 0.130. The van der Waals surface area contributed by atoms with Crippen molar-refractivity contribution in [2.24, 2.45) is 0 Å². The number of halogens is 1. The first-order chi connectivity index (χ1) is 14.0. The van der Waals surface area contributed by atoms with Crippen LogP contribution in [0.4, 0.5) is 5.69 Å². The Balaban J connectivity index is 1.76. The standard InChI is InChI=1S/C23H20ClNO4/c1-15(26)16-4-3-5-20(13-16)25-23(27)17-6-11-22(28-2)18(12-17)14-29-21-9-7-19(24)8-10-21/h3-13H,14H2,1-2H3,(H,25,27). The molecule has 0 aromatic heterocycles. The van der Waals surface area contributed by atoms with Gasteiger partial charge in [0.05, 0.1) is 7.11 Å². The lowest BCUT2D eigenvalue weighted by molar-refractivity contribution is 0.101. The smallest absolute Gasteiger partial charge is 0.255 e. The van der Waals surface area contributed by atoms with Gasteiger partial charge in [-0.2, -0.15) is 0 Å². The van der Waals surface area contributed by atoms with E-state index >= 15 is 0 Å². The zero-order chi connectivity index (χ0) is 20.8. The first kappa shape index (κ1) is 20.4. The van der Waals surface area contributed by atoms with E-state index in [0.29, 0.717) is 33.3 Å². The topological polar surface area (TPSA) is 64.6 Å². The van der Waals surface area contributed by atoms with E-state index in [0.717, 1.165) is 5.56 Å². The van der Waals surface area contributed by atoms with Gasteiger partial charge in [0.1, 0.15) is 18.1 Å². The SMILES string of the molecule is COc1ccc(C(=O)Nc2cccc(C(C)=O)c2)cc1COc1ccc(Cl)cc1. The molecule has 3 aromatic rings. The van der Waals surface area contributed by atoms with Crippen LogP contribution >= 0.6 is 11.6 Å². The third-order valence-electron chi connectivity index (χ3n) is 4.28. The zero-order valence-corrected chi connectivity index (χ0v) is 16.8. The number of nitrogens with one attached hydrogen (secondary N) is 1. The molecule has 0 atom stereocenters. The summed E-state index contributed by atoms with van der Waals surface area (Å²) in [4.78, 5) is 24.2. The fourth-order valence-corrected chi connectivity index (χ4v) is 2.87. The Morgan fingerprint density at radius 1 is 0.966 bits per heavy atom. The van der Waals surface area contributed by atoms with Crippen molar-refractivity contribution in [1.82, 2.24) is 0 Å². The molecule has 3 aromatic carbocycles. The lowest BCUT2D eigenvalue weighted by Gasteiger charge is -2.13. The number of amides is 1. The number of carbonyl (C=O) groups excluding carboxylic acids is 2. The van der Waals surface area contributed by atoms with Gasteiger partial charge in [0.25, 0.3) is 5.91 Å². The summed E-state index contributed by atoms with van der Waals surface area (Å²) in [6.45, 7) is 1.71. The third kappa shape index (κ3) is 5.36. The summed E-state index contributed by atoms with van der Waals surface area (Å²) >= 11 is 5.89. The maximum absolute atomic E-state index is 12.7. The van der Waals surface area contributed by atoms with Gasteiger partial charge in [0.2, 0.25) is 0 Å². The van der Waals surface area contributed by atoms with Crippen molar-refractivity contribution in [3.63, 3.8) is 0 Å². The maximum Gasteiger partial charge on any atom is 0.255 e. The molecule has 6 heteroatoms. The molecule has 148 valence electrons. The van der Waals surface area contributed by atoms with Crippen LogP contribution in [0.15, 0.2) is 66.7 Å². The van der Waals surface area contributed by atoms with E-state index in [-0.39, 0.29) is 18.3 Å². The van der Waals surface area contributed by atoms with Crippen LogP contribution in [0.1, 0.15) is 33.2 Å². The van der Waals surface area contributed by atoms with Crippen molar-refractivity contribution < 1.29 is 19.1 Å². The molecule has 0 bridgehead atoms. The number of anilines is 1. The van der Waals surface area contributed by atoms with Crippen LogP contribution in [0.5, 0.6) is 11.5 Å². The number of benzene rings is 3. The van der Waals surface area contributed by atoms with E-state index in [1.54, 1.807) is 73.8 Å². The summed E-state index contributed by atoms with van der Waals surface area (Å²) in [6, 6.07) is 19.0. The van der Waals surface area contributed by atoms with Crippen molar-refractivity contribution in [1.29, 1.82) is 0 Å². The molecule has 5 nitrogen and oxygen atoms in total. The van der Waals surface area contributed by atoms with Crippen molar-refractivity contribution in [3.8, 4) is 11.5 Å². The van der Waals surface area contributed by atoms with E-state index in [9.17, 15) is 9.59 Å². The number of Topliss-reactive ketones (excluding diaryl/α,β-unsaturated/α-hetero) is 1. The van der Waals surface area contributed by atoms with Crippen LogP contribution in [0.25, 0.3) is 0 Å². The molecule has 0 spiro atoms. The summed E-state index contributed by atoms with van der Waals surface area (Å²) in [7, 11) is 1.56. The van der Waals surface area contributed by atoms with Crippen LogP contribution < -0.4 is 14.8 Å². The molecule has 0 radical (unpaired) electrons. The molecule has 0 aliphatic heterocycles. The lowest BCUT2D eigenvalue weighted by atomic mass is 10.1. The molecule has 0 aliphatic rings. The molecule has 0 fully saturated rings.